The van der Waals surface area contributed by atoms with E-state index < -0.39 is 10.9 Å². The first kappa shape index (κ1) is 33.9. The van der Waals surface area contributed by atoms with Gasteiger partial charge in [-0.15, -0.1) is 5.11 Å². The number of nitro groups is 1. The summed E-state index contributed by atoms with van der Waals surface area (Å²) in [5.41, 5.74) is 2.59. The Kier molecular flexibility index (Phi) is 17.0. The van der Waals surface area contributed by atoms with Gasteiger partial charge in [0, 0.05) is 25.3 Å². The van der Waals surface area contributed by atoms with Gasteiger partial charge in [-0.25, -0.2) is 0 Å². The van der Waals surface area contributed by atoms with Crippen molar-refractivity contribution in [3.63, 3.8) is 0 Å². The lowest BCUT2D eigenvalue weighted by Gasteiger charge is -2.17. The molecule has 1 N–H and O–H groups in total. The van der Waals surface area contributed by atoms with Gasteiger partial charge in [0.15, 0.2) is 5.69 Å². The van der Waals surface area contributed by atoms with E-state index in [0.717, 1.165) is 30.5 Å². The van der Waals surface area contributed by atoms with Gasteiger partial charge in [-0.1, -0.05) is 103 Å². The topological polar surface area (TPSA) is 108 Å². The van der Waals surface area contributed by atoms with E-state index >= 15 is 0 Å². The summed E-state index contributed by atoms with van der Waals surface area (Å²) in [6.07, 6.45) is 20.7. The van der Waals surface area contributed by atoms with Gasteiger partial charge < -0.3 is 10.0 Å². The second kappa shape index (κ2) is 20.6. The highest BCUT2D eigenvalue weighted by Crippen LogP contribution is 2.31. The first-order chi connectivity index (χ1) is 19.9. The molecule has 226 valence electrons. The molecule has 41 heavy (non-hydrogen) atoms. The van der Waals surface area contributed by atoms with Crippen LogP contribution < -0.4 is 4.90 Å². The van der Waals surface area contributed by atoms with Crippen LogP contribution >= 0.6 is 0 Å². The molecule has 2 aromatic carbocycles. The summed E-state index contributed by atoms with van der Waals surface area (Å²) in [5.74, 6) is -0.843. The highest BCUT2D eigenvalue weighted by molar-refractivity contribution is 5.67. The summed E-state index contributed by atoms with van der Waals surface area (Å²) in [7, 11) is 1.82. The number of aryl methyl sites for hydroxylation is 1. The Morgan fingerprint density at radius 1 is 0.805 bits per heavy atom. The quantitative estimate of drug-likeness (QED) is 0.0623. The summed E-state index contributed by atoms with van der Waals surface area (Å²) in [5, 5.41) is 28.8. The predicted octanol–water partition coefficient (Wildman–Crippen LogP) is 10.3. The average molecular weight is 567 g/mol. The summed E-state index contributed by atoms with van der Waals surface area (Å²) in [6.45, 7) is 2.66. The van der Waals surface area contributed by atoms with Crippen LogP contribution in [0.25, 0.3) is 0 Å². The number of nitro benzene ring substituents is 1. The molecule has 0 atom stereocenters. The van der Waals surface area contributed by atoms with Crippen molar-refractivity contribution in [2.75, 3.05) is 18.5 Å². The van der Waals surface area contributed by atoms with Crippen LogP contribution in [0, 0.1) is 10.1 Å². The molecule has 0 fully saturated rings. The number of anilines is 1. The lowest BCUT2D eigenvalue weighted by Crippen LogP contribution is -2.20. The van der Waals surface area contributed by atoms with Crippen LogP contribution in [0.15, 0.2) is 52.7 Å². The van der Waals surface area contributed by atoms with Crippen molar-refractivity contribution in [3.05, 3.63) is 58.1 Å². The SMILES string of the molecule is CCCCCCCCCCCCCCCCCc1ccc(N=Nc2ccc(N(C)CCC(=O)O)cc2)c([N+](=O)[O-])c1. The van der Waals surface area contributed by atoms with Crippen molar-refractivity contribution in [1.82, 2.24) is 0 Å². The van der Waals surface area contributed by atoms with Crippen molar-refractivity contribution >= 4 is 28.7 Å². The molecule has 8 heteroatoms. The molecule has 0 amide bonds. The molecule has 0 aliphatic carbocycles. The van der Waals surface area contributed by atoms with Crippen molar-refractivity contribution < 1.29 is 14.8 Å². The first-order valence-electron chi connectivity index (χ1n) is 15.6. The number of aliphatic carboxylic acids is 1. The fourth-order valence-corrected chi connectivity index (χ4v) is 4.93. The van der Waals surface area contributed by atoms with Crippen LogP contribution in [0.3, 0.4) is 0 Å². The molecule has 0 saturated carbocycles. The maximum Gasteiger partial charge on any atom is 0.305 e. The lowest BCUT2D eigenvalue weighted by molar-refractivity contribution is -0.384. The van der Waals surface area contributed by atoms with Gasteiger partial charge in [0.05, 0.1) is 17.0 Å². The van der Waals surface area contributed by atoms with E-state index in [1.165, 1.54) is 83.5 Å². The maximum atomic E-state index is 11.7. The van der Waals surface area contributed by atoms with E-state index in [2.05, 4.69) is 17.2 Å². The van der Waals surface area contributed by atoms with Crippen LogP contribution in [0.5, 0.6) is 0 Å². The van der Waals surface area contributed by atoms with Crippen LogP contribution in [0.2, 0.25) is 0 Å². The number of rotatable bonds is 23. The monoisotopic (exact) mass is 566 g/mol. The molecule has 2 rings (SSSR count). The van der Waals surface area contributed by atoms with Crippen molar-refractivity contribution in [2.24, 2.45) is 10.2 Å². The lowest BCUT2D eigenvalue weighted by atomic mass is 10.0. The number of hydrogen-bond acceptors (Lipinski definition) is 6. The number of carbonyl (C=O) groups is 1. The Morgan fingerprint density at radius 2 is 1.34 bits per heavy atom. The van der Waals surface area contributed by atoms with Gasteiger partial charge in [-0.3, -0.25) is 14.9 Å². The van der Waals surface area contributed by atoms with E-state index in [9.17, 15) is 14.9 Å². The molecule has 8 nitrogen and oxygen atoms in total. The van der Waals surface area contributed by atoms with Gasteiger partial charge in [0.2, 0.25) is 0 Å². The zero-order chi connectivity index (χ0) is 29.7. The van der Waals surface area contributed by atoms with Gasteiger partial charge in [0.25, 0.3) is 5.69 Å². The van der Waals surface area contributed by atoms with Crippen LogP contribution in [-0.4, -0.2) is 29.6 Å². The summed E-state index contributed by atoms with van der Waals surface area (Å²) >= 11 is 0. The van der Waals surface area contributed by atoms with Gasteiger partial charge in [0.1, 0.15) is 0 Å². The van der Waals surface area contributed by atoms with E-state index in [0.29, 0.717) is 12.2 Å². The molecule has 0 aliphatic heterocycles. The fraction of sp³-hybridized carbons (Fsp3) is 0.606. The number of carboxylic acids is 1. The van der Waals surface area contributed by atoms with E-state index in [-0.39, 0.29) is 17.8 Å². The van der Waals surface area contributed by atoms with Crippen molar-refractivity contribution in [1.29, 1.82) is 0 Å². The zero-order valence-electron chi connectivity index (χ0n) is 25.2. The molecule has 0 bridgehead atoms. The Morgan fingerprint density at radius 3 is 1.85 bits per heavy atom. The Bertz CT molecular complexity index is 1060. The Balaban J connectivity index is 1.68. The second-order valence-corrected chi connectivity index (χ2v) is 11.1. The third-order valence-corrected chi connectivity index (χ3v) is 7.53. The molecule has 2 aromatic rings. The van der Waals surface area contributed by atoms with Crippen LogP contribution in [0.1, 0.15) is 115 Å². The fourth-order valence-electron chi connectivity index (χ4n) is 4.93. The van der Waals surface area contributed by atoms with Gasteiger partial charge in [-0.05, 0) is 48.7 Å². The Hall–Kier alpha value is -3.29. The number of nitrogens with zero attached hydrogens (tertiary/aromatic N) is 4. The molecule has 0 heterocycles. The summed E-state index contributed by atoms with van der Waals surface area (Å²) < 4.78 is 0. The van der Waals surface area contributed by atoms with Gasteiger partial charge >= 0.3 is 5.97 Å². The molecular weight excluding hydrogens is 516 g/mol. The number of unbranched alkanes of at least 4 members (excludes halogenated alkanes) is 14. The largest absolute Gasteiger partial charge is 0.481 e. The highest BCUT2D eigenvalue weighted by atomic mass is 16.6. The molecule has 0 unspecified atom stereocenters. The third-order valence-electron chi connectivity index (χ3n) is 7.53. The summed E-state index contributed by atoms with van der Waals surface area (Å²) in [4.78, 5) is 23.9. The minimum Gasteiger partial charge on any atom is -0.481 e. The van der Waals surface area contributed by atoms with Gasteiger partial charge in [-0.2, -0.15) is 5.11 Å². The molecular formula is C33H50N4O4. The third kappa shape index (κ3) is 14.8. The predicted molar refractivity (Wildman–Crippen MR) is 168 cm³/mol. The molecule has 0 spiro atoms. The first-order valence-corrected chi connectivity index (χ1v) is 15.6. The minimum absolute atomic E-state index is 0.0303. The van der Waals surface area contributed by atoms with Crippen LogP contribution in [0.4, 0.5) is 22.7 Å². The normalized spacial score (nSPS) is 11.3. The van der Waals surface area contributed by atoms with Crippen molar-refractivity contribution in [3.8, 4) is 0 Å². The molecule has 0 aromatic heterocycles. The maximum absolute atomic E-state index is 11.7. The average Bonchev–Trinajstić information content (AvgIpc) is 2.97. The molecule has 0 radical (unpaired) electrons. The van der Waals surface area contributed by atoms with E-state index in [4.69, 9.17) is 5.11 Å². The standard InChI is InChI=1S/C33H50N4O4/c1-3-4-5-6-7-8-9-10-11-12-13-14-15-16-17-18-28-19-24-31(32(27-28)37(40)41)35-34-29-20-22-30(23-21-29)36(2)26-25-33(38)39/h19-24,27H,3-18,25-26H2,1-2H3,(H,38,39). The summed E-state index contributed by atoms with van der Waals surface area (Å²) in [6, 6.07) is 12.4. The number of azo groups is 1. The number of hydrogen-bond donors (Lipinski definition) is 1. The smallest absolute Gasteiger partial charge is 0.305 e. The highest BCUT2D eigenvalue weighted by Gasteiger charge is 2.14. The van der Waals surface area contributed by atoms with E-state index in [1.54, 1.807) is 24.3 Å². The Labute approximate surface area is 246 Å². The minimum atomic E-state index is -0.843. The molecule has 0 aliphatic rings. The van der Waals surface area contributed by atoms with Crippen molar-refractivity contribution in [2.45, 2.75) is 116 Å². The zero-order valence-corrected chi connectivity index (χ0v) is 25.2. The van der Waals surface area contributed by atoms with Crippen LogP contribution in [-0.2, 0) is 11.2 Å². The van der Waals surface area contributed by atoms with E-state index in [1.807, 2.05) is 30.1 Å². The molecule has 0 saturated heterocycles. The second-order valence-electron chi connectivity index (χ2n) is 11.1. The number of benzene rings is 2. The number of carboxylic acid groups (broad SMARTS) is 1.